The molecule has 0 heterocycles. The van der Waals surface area contributed by atoms with Gasteiger partial charge < -0.3 is 0 Å². The van der Waals surface area contributed by atoms with Crippen LogP contribution in [0.15, 0.2) is 72.8 Å². The van der Waals surface area contributed by atoms with Gasteiger partial charge in [0, 0.05) is 0 Å². The van der Waals surface area contributed by atoms with Gasteiger partial charge in [0.25, 0.3) is 0 Å². The zero-order chi connectivity index (χ0) is 20.3. The van der Waals surface area contributed by atoms with Crippen molar-refractivity contribution in [3.63, 3.8) is 0 Å². The Morgan fingerprint density at radius 1 is 0.643 bits per heavy atom. The fraction of sp³-hybridized carbons (Fsp3) is 0.250. The molecule has 2 N–H and O–H groups in total. The monoisotopic (exact) mass is 396 g/mol. The van der Waals surface area contributed by atoms with Crippen molar-refractivity contribution in [1.29, 1.82) is 0 Å². The molecule has 0 aliphatic carbocycles. The standard InChI is InChI=1S/C24H29O3P/c1-17(2)22-11-8-12-23(18(3)4)24(22)27-28(25,26)21-15-13-20(14-16-21)19-9-6-5-7-10-19/h5-18,25-26,28H,1-4H3. The quantitative estimate of drug-likeness (QED) is 0.519. The van der Waals surface area contributed by atoms with E-state index in [1.165, 1.54) is 0 Å². The van der Waals surface area contributed by atoms with Gasteiger partial charge >= 0.3 is 168 Å². The summed E-state index contributed by atoms with van der Waals surface area (Å²) >= 11 is 0. The Morgan fingerprint density at radius 3 is 1.64 bits per heavy atom. The first-order chi connectivity index (χ1) is 13.3. The molecule has 0 saturated carbocycles. The van der Waals surface area contributed by atoms with Crippen LogP contribution in [0.25, 0.3) is 11.1 Å². The summed E-state index contributed by atoms with van der Waals surface area (Å²) in [5.74, 6) is 1.05. The van der Waals surface area contributed by atoms with Crippen LogP contribution in [0.1, 0.15) is 50.7 Å². The van der Waals surface area contributed by atoms with Gasteiger partial charge in [-0.1, -0.05) is 0 Å². The first kappa shape index (κ1) is 20.5. The van der Waals surface area contributed by atoms with E-state index in [-0.39, 0.29) is 11.8 Å². The summed E-state index contributed by atoms with van der Waals surface area (Å²) in [7, 11) is -4.10. The molecule has 0 amide bonds. The Hall–Kier alpha value is -2.19. The molecule has 0 spiro atoms. The second kappa shape index (κ2) is 8.45. The minimum atomic E-state index is -4.10. The van der Waals surface area contributed by atoms with E-state index in [1.54, 1.807) is 12.1 Å². The van der Waals surface area contributed by atoms with Crippen molar-refractivity contribution in [2.75, 3.05) is 0 Å². The second-order valence-electron chi connectivity index (χ2n) is 7.73. The topological polar surface area (TPSA) is 49.7 Å². The summed E-state index contributed by atoms with van der Waals surface area (Å²) in [6.45, 7) is 8.33. The number of benzene rings is 3. The summed E-state index contributed by atoms with van der Waals surface area (Å²) in [4.78, 5) is 21.8. The van der Waals surface area contributed by atoms with Gasteiger partial charge in [-0.25, -0.2) is 0 Å². The minimum absolute atomic E-state index is 0.221. The van der Waals surface area contributed by atoms with Gasteiger partial charge in [0.1, 0.15) is 0 Å². The van der Waals surface area contributed by atoms with Crippen molar-refractivity contribution in [2.45, 2.75) is 39.5 Å². The number of hydrogen-bond donors (Lipinski definition) is 2. The van der Waals surface area contributed by atoms with Gasteiger partial charge in [0.15, 0.2) is 0 Å². The molecule has 28 heavy (non-hydrogen) atoms. The van der Waals surface area contributed by atoms with Crippen LogP contribution in [0, 0.1) is 0 Å². The Balaban J connectivity index is 1.94. The Kier molecular flexibility index (Phi) is 6.20. The molecule has 3 rings (SSSR count). The fourth-order valence-corrected chi connectivity index (χ4v) is 4.55. The summed E-state index contributed by atoms with van der Waals surface area (Å²) in [6.07, 6.45) is 0. The van der Waals surface area contributed by atoms with Crippen molar-refractivity contribution in [3.8, 4) is 16.9 Å². The maximum atomic E-state index is 10.9. The first-order valence-electron chi connectivity index (χ1n) is 9.72. The van der Waals surface area contributed by atoms with E-state index >= 15 is 0 Å². The Labute approximate surface area is 168 Å². The normalized spacial score (nSPS) is 12.4. The maximum absolute atomic E-state index is 10.9. The van der Waals surface area contributed by atoms with Crippen LogP contribution in [0.4, 0.5) is 0 Å². The van der Waals surface area contributed by atoms with Crippen molar-refractivity contribution < 1.29 is 14.3 Å². The molecule has 0 aliphatic rings. The molecule has 0 fully saturated rings. The molecule has 0 aromatic heterocycles. The molecule has 0 bridgehead atoms. The summed E-state index contributed by atoms with van der Waals surface area (Å²) in [5, 5.41) is 0.431. The molecule has 0 atom stereocenters. The van der Waals surface area contributed by atoms with Crippen molar-refractivity contribution in [2.24, 2.45) is 0 Å². The predicted molar refractivity (Wildman–Crippen MR) is 120 cm³/mol. The molecular formula is C24H29O3P. The van der Waals surface area contributed by atoms with E-state index in [9.17, 15) is 9.79 Å². The molecule has 0 unspecified atom stereocenters. The van der Waals surface area contributed by atoms with Crippen LogP contribution in [0.3, 0.4) is 0 Å². The van der Waals surface area contributed by atoms with Crippen molar-refractivity contribution in [1.82, 2.24) is 0 Å². The molecule has 0 aliphatic heterocycles. The van der Waals surface area contributed by atoms with Crippen LogP contribution >= 0.6 is 7.94 Å². The van der Waals surface area contributed by atoms with Crippen LogP contribution < -0.4 is 9.83 Å². The van der Waals surface area contributed by atoms with Gasteiger partial charge in [0.05, 0.1) is 0 Å². The van der Waals surface area contributed by atoms with Crippen molar-refractivity contribution >= 4 is 13.2 Å². The second-order valence-corrected chi connectivity index (χ2v) is 9.73. The van der Waals surface area contributed by atoms with E-state index in [0.717, 1.165) is 22.3 Å². The van der Waals surface area contributed by atoms with E-state index in [4.69, 9.17) is 4.52 Å². The molecule has 3 aromatic rings. The number of para-hydroxylation sites is 1. The SMILES string of the molecule is CC(C)c1cccc(C(C)C)c1O[PH](O)(O)c1ccc(-c2ccccc2)cc1. The zero-order valence-electron chi connectivity index (χ0n) is 16.9. The van der Waals surface area contributed by atoms with Crippen LogP contribution in [0.2, 0.25) is 0 Å². The average molecular weight is 396 g/mol. The summed E-state index contributed by atoms with van der Waals surface area (Å²) in [6, 6.07) is 23.3. The van der Waals surface area contributed by atoms with E-state index < -0.39 is 7.94 Å². The summed E-state index contributed by atoms with van der Waals surface area (Å²) in [5.41, 5.74) is 4.10. The molecule has 148 valence electrons. The third kappa shape index (κ3) is 4.44. The molecule has 3 nitrogen and oxygen atoms in total. The zero-order valence-corrected chi connectivity index (χ0v) is 17.9. The van der Waals surface area contributed by atoms with E-state index in [2.05, 4.69) is 27.7 Å². The third-order valence-electron chi connectivity index (χ3n) is 4.93. The molecule has 3 aromatic carbocycles. The number of hydrogen-bond acceptors (Lipinski definition) is 3. The van der Waals surface area contributed by atoms with Crippen LogP contribution in [0.5, 0.6) is 5.75 Å². The van der Waals surface area contributed by atoms with Gasteiger partial charge in [-0.15, -0.1) is 0 Å². The third-order valence-corrected chi connectivity index (χ3v) is 6.51. The van der Waals surface area contributed by atoms with E-state index in [1.807, 2.05) is 60.7 Å². The van der Waals surface area contributed by atoms with E-state index in [0.29, 0.717) is 11.1 Å². The molecular weight excluding hydrogens is 367 g/mol. The predicted octanol–water partition coefficient (Wildman–Crippen LogP) is 5.78. The summed E-state index contributed by atoms with van der Waals surface area (Å²) < 4.78 is 5.97. The Bertz CT molecular complexity index is 890. The molecule has 0 saturated heterocycles. The van der Waals surface area contributed by atoms with Gasteiger partial charge in [-0.05, 0) is 0 Å². The van der Waals surface area contributed by atoms with Gasteiger partial charge in [0.2, 0.25) is 0 Å². The number of rotatable bonds is 6. The Morgan fingerprint density at radius 2 is 1.14 bits per heavy atom. The van der Waals surface area contributed by atoms with Crippen LogP contribution in [-0.2, 0) is 0 Å². The first-order valence-corrected chi connectivity index (χ1v) is 11.5. The van der Waals surface area contributed by atoms with Crippen LogP contribution in [-0.4, -0.2) is 9.79 Å². The van der Waals surface area contributed by atoms with Gasteiger partial charge in [-0.2, -0.15) is 0 Å². The van der Waals surface area contributed by atoms with Crippen molar-refractivity contribution in [3.05, 3.63) is 83.9 Å². The molecule has 0 radical (unpaired) electrons. The van der Waals surface area contributed by atoms with Gasteiger partial charge in [-0.3, -0.25) is 0 Å². The fourth-order valence-electron chi connectivity index (χ4n) is 3.31. The average Bonchev–Trinajstić information content (AvgIpc) is 2.68. The molecule has 4 heteroatoms.